The fourth-order valence-electron chi connectivity index (χ4n) is 2.64. The molecule has 0 amide bonds. The Bertz CT molecular complexity index is 451. The van der Waals surface area contributed by atoms with Gasteiger partial charge in [-0.2, -0.15) is 0 Å². The average Bonchev–Trinajstić information content (AvgIpc) is 2.87. The van der Waals surface area contributed by atoms with Crippen molar-refractivity contribution in [3.8, 4) is 0 Å². The largest absolute Gasteiger partial charge is 0.458 e. The van der Waals surface area contributed by atoms with E-state index in [9.17, 15) is 4.79 Å². The number of rotatable bonds is 2. The van der Waals surface area contributed by atoms with Crippen molar-refractivity contribution < 1.29 is 19.0 Å². The standard InChI is InChI=1S/C14H16O4/c1-9-12(8-13-16-6-7-17-13)10-4-2-3-5-11(10)14(15)18-9/h2-5,9,12-13H,6-8H2,1H3. The molecule has 2 unspecified atom stereocenters. The normalized spacial score (nSPS) is 27.9. The van der Waals surface area contributed by atoms with E-state index in [0.717, 1.165) is 12.0 Å². The van der Waals surface area contributed by atoms with Gasteiger partial charge in [0.25, 0.3) is 0 Å². The second-order valence-electron chi connectivity index (χ2n) is 4.71. The molecule has 0 aliphatic carbocycles. The van der Waals surface area contributed by atoms with Crippen LogP contribution in [0.15, 0.2) is 24.3 Å². The van der Waals surface area contributed by atoms with Gasteiger partial charge in [-0.25, -0.2) is 4.79 Å². The van der Waals surface area contributed by atoms with Gasteiger partial charge in [0, 0.05) is 12.3 Å². The van der Waals surface area contributed by atoms with Crippen LogP contribution < -0.4 is 0 Å². The van der Waals surface area contributed by atoms with Gasteiger partial charge in [0.2, 0.25) is 0 Å². The van der Waals surface area contributed by atoms with Gasteiger partial charge in [0.15, 0.2) is 6.29 Å². The molecule has 1 saturated heterocycles. The van der Waals surface area contributed by atoms with Crippen molar-refractivity contribution >= 4 is 5.97 Å². The highest BCUT2D eigenvalue weighted by atomic mass is 16.7. The van der Waals surface area contributed by atoms with E-state index in [1.165, 1.54) is 0 Å². The number of hydrogen-bond donors (Lipinski definition) is 0. The van der Waals surface area contributed by atoms with Crippen LogP contribution in [-0.4, -0.2) is 31.6 Å². The number of carbonyl (C=O) groups excluding carboxylic acids is 1. The van der Waals surface area contributed by atoms with Crippen molar-refractivity contribution in [2.75, 3.05) is 13.2 Å². The first-order valence-corrected chi connectivity index (χ1v) is 6.29. The average molecular weight is 248 g/mol. The Hall–Kier alpha value is -1.39. The lowest BCUT2D eigenvalue weighted by molar-refractivity contribution is -0.0623. The van der Waals surface area contributed by atoms with Gasteiger partial charge >= 0.3 is 5.97 Å². The second-order valence-corrected chi connectivity index (χ2v) is 4.71. The lowest BCUT2D eigenvalue weighted by Gasteiger charge is -2.31. The van der Waals surface area contributed by atoms with Crippen LogP contribution in [0.5, 0.6) is 0 Å². The minimum atomic E-state index is -0.234. The van der Waals surface area contributed by atoms with Gasteiger partial charge in [0.1, 0.15) is 6.10 Å². The summed E-state index contributed by atoms with van der Waals surface area (Å²) in [6, 6.07) is 7.61. The Labute approximate surface area is 106 Å². The van der Waals surface area contributed by atoms with E-state index < -0.39 is 0 Å². The molecule has 1 fully saturated rings. The summed E-state index contributed by atoms with van der Waals surface area (Å²) in [6.45, 7) is 3.22. The van der Waals surface area contributed by atoms with E-state index in [4.69, 9.17) is 14.2 Å². The predicted molar refractivity (Wildman–Crippen MR) is 64.4 cm³/mol. The molecule has 3 rings (SSSR count). The van der Waals surface area contributed by atoms with Gasteiger partial charge in [-0.1, -0.05) is 18.2 Å². The summed E-state index contributed by atoms with van der Waals surface area (Å²) in [4.78, 5) is 11.8. The first-order valence-electron chi connectivity index (χ1n) is 6.29. The minimum absolute atomic E-state index is 0.139. The molecule has 96 valence electrons. The number of ether oxygens (including phenoxy) is 3. The molecule has 2 atom stereocenters. The van der Waals surface area contributed by atoms with Crippen LogP contribution in [0, 0.1) is 0 Å². The molecule has 18 heavy (non-hydrogen) atoms. The Morgan fingerprint density at radius 3 is 2.72 bits per heavy atom. The molecule has 0 saturated carbocycles. The molecular weight excluding hydrogens is 232 g/mol. The summed E-state index contributed by atoms with van der Waals surface area (Å²) >= 11 is 0. The lowest BCUT2D eigenvalue weighted by atomic mass is 9.85. The summed E-state index contributed by atoms with van der Waals surface area (Å²) in [5.41, 5.74) is 1.71. The molecule has 0 aromatic heterocycles. The highest BCUT2D eigenvalue weighted by Crippen LogP contribution is 2.35. The molecule has 1 aromatic carbocycles. The topological polar surface area (TPSA) is 44.8 Å². The van der Waals surface area contributed by atoms with Crippen molar-refractivity contribution in [1.82, 2.24) is 0 Å². The maximum absolute atomic E-state index is 11.8. The molecule has 2 aliphatic heterocycles. The molecular formula is C14H16O4. The molecule has 0 spiro atoms. The summed E-state index contributed by atoms with van der Waals surface area (Å²) < 4.78 is 16.4. The van der Waals surface area contributed by atoms with Gasteiger partial charge in [-0.3, -0.25) is 0 Å². The second kappa shape index (κ2) is 4.71. The third kappa shape index (κ3) is 2.02. The highest BCUT2D eigenvalue weighted by molar-refractivity contribution is 5.92. The van der Waals surface area contributed by atoms with Gasteiger partial charge in [-0.15, -0.1) is 0 Å². The van der Waals surface area contributed by atoms with E-state index in [0.29, 0.717) is 18.8 Å². The maximum atomic E-state index is 11.8. The van der Waals surface area contributed by atoms with Crippen LogP contribution in [0.2, 0.25) is 0 Å². The van der Waals surface area contributed by atoms with E-state index >= 15 is 0 Å². The van der Waals surface area contributed by atoms with Crippen LogP contribution in [0.25, 0.3) is 0 Å². The van der Waals surface area contributed by atoms with E-state index in [2.05, 4.69) is 0 Å². The fourth-order valence-corrected chi connectivity index (χ4v) is 2.64. The minimum Gasteiger partial charge on any atom is -0.458 e. The summed E-state index contributed by atoms with van der Waals surface area (Å²) in [7, 11) is 0. The Kier molecular flexibility index (Phi) is 3.06. The van der Waals surface area contributed by atoms with Crippen molar-refractivity contribution in [3.05, 3.63) is 35.4 Å². The molecule has 0 N–H and O–H groups in total. The third-order valence-corrected chi connectivity index (χ3v) is 3.58. The van der Waals surface area contributed by atoms with Gasteiger partial charge in [-0.05, 0) is 18.6 Å². The smallest absolute Gasteiger partial charge is 0.338 e. The number of benzene rings is 1. The van der Waals surface area contributed by atoms with Crippen molar-refractivity contribution in [2.45, 2.75) is 31.7 Å². The van der Waals surface area contributed by atoms with Crippen molar-refractivity contribution in [3.63, 3.8) is 0 Å². The molecule has 1 aromatic rings. The maximum Gasteiger partial charge on any atom is 0.338 e. The summed E-state index contributed by atoms with van der Waals surface area (Å²) in [6.07, 6.45) is 0.411. The van der Waals surface area contributed by atoms with E-state index in [-0.39, 0.29) is 24.3 Å². The molecule has 2 heterocycles. The number of carbonyl (C=O) groups is 1. The quantitative estimate of drug-likeness (QED) is 0.752. The Morgan fingerprint density at radius 1 is 1.22 bits per heavy atom. The van der Waals surface area contributed by atoms with Crippen LogP contribution in [0.1, 0.15) is 35.2 Å². The SMILES string of the molecule is CC1OC(=O)c2ccccc2C1CC1OCCO1. The van der Waals surface area contributed by atoms with Crippen LogP contribution in [0.4, 0.5) is 0 Å². The van der Waals surface area contributed by atoms with E-state index in [1.807, 2.05) is 31.2 Å². The zero-order valence-electron chi connectivity index (χ0n) is 10.3. The molecule has 4 heteroatoms. The zero-order valence-corrected chi connectivity index (χ0v) is 10.3. The monoisotopic (exact) mass is 248 g/mol. The number of cyclic esters (lactones) is 1. The first-order chi connectivity index (χ1) is 8.75. The number of esters is 1. The zero-order chi connectivity index (χ0) is 12.5. The van der Waals surface area contributed by atoms with Crippen LogP contribution >= 0.6 is 0 Å². The summed E-state index contributed by atoms with van der Waals surface area (Å²) in [5, 5.41) is 0. The first kappa shape index (κ1) is 11.7. The van der Waals surface area contributed by atoms with E-state index in [1.54, 1.807) is 0 Å². The Morgan fingerprint density at radius 2 is 1.94 bits per heavy atom. The fraction of sp³-hybridized carbons (Fsp3) is 0.500. The molecule has 2 aliphatic rings. The van der Waals surface area contributed by atoms with Gasteiger partial charge < -0.3 is 14.2 Å². The van der Waals surface area contributed by atoms with Crippen LogP contribution in [-0.2, 0) is 14.2 Å². The molecule has 0 bridgehead atoms. The lowest BCUT2D eigenvalue weighted by Crippen LogP contribution is -2.32. The highest BCUT2D eigenvalue weighted by Gasteiger charge is 2.35. The Balaban J connectivity index is 1.88. The summed E-state index contributed by atoms with van der Waals surface area (Å²) in [5.74, 6) is -0.0930. The number of fused-ring (bicyclic) bond motifs is 1. The van der Waals surface area contributed by atoms with Crippen molar-refractivity contribution in [1.29, 1.82) is 0 Å². The number of hydrogen-bond acceptors (Lipinski definition) is 4. The predicted octanol–water partition coefficient (Wildman–Crippen LogP) is 2.09. The third-order valence-electron chi connectivity index (χ3n) is 3.58. The molecule has 4 nitrogen and oxygen atoms in total. The van der Waals surface area contributed by atoms with Crippen molar-refractivity contribution in [2.24, 2.45) is 0 Å². The van der Waals surface area contributed by atoms with Crippen LogP contribution in [0.3, 0.4) is 0 Å². The van der Waals surface area contributed by atoms with Gasteiger partial charge in [0.05, 0.1) is 18.8 Å². The molecule has 0 radical (unpaired) electrons.